The summed E-state index contributed by atoms with van der Waals surface area (Å²) < 4.78 is 16.1. The van der Waals surface area contributed by atoms with Crippen molar-refractivity contribution in [2.24, 2.45) is 0 Å². The van der Waals surface area contributed by atoms with Crippen LogP contribution in [-0.2, 0) is 29.0 Å². The molecule has 184 valence electrons. The fourth-order valence-corrected chi connectivity index (χ4v) is 3.93. The fraction of sp³-hybridized carbons (Fsp3) is 0.179. The Bertz CT molecular complexity index is 1420. The van der Waals surface area contributed by atoms with Gasteiger partial charge in [0.05, 0.1) is 5.02 Å². The first kappa shape index (κ1) is 25.0. The van der Waals surface area contributed by atoms with Crippen LogP contribution in [0.25, 0.3) is 11.0 Å². The second-order valence-corrected chi connectivity index (χ2v) is 8.50. The maximum absolute atomic E-state index is 13.2. The molecule has 4 aromatic rings. The third kappa shape index (κ3) is 6.31. The standard InChI is InChI=1S/C28H24ClNO6/c1-2-20-14-26(31)35-24-16-25(22(29)15-21(20)24)36-27(32)23(13-18-9-5-3-6-10-18)30-28(33)34-17-19-11-7-4-8-12-19/h3-12,14-16,23H,2,13,17H2,1H3,(H,30,33)/t23-/m1/s1. The summed E-state index contributed by atoms with van der Waals surface area (Å²) >= 11 is 6.40. The smallest absolute Gasteiger partial charge is 0.408 e. The molecule has 0 fully saturated rings. The van der Waals surface area contributed by atoms with E-state index in [1.54, 1.807) is 6.07 Å². The third-order valence-electron chi connectivity index (χ3n) is 5.55. The Kier molecular flexibility index (Phi) is 8.02. The van der Waals surface area contributed by atoms with Crippen LogP contribution in [0.5, 0.6) is 5.75 Å². The first-order valence-electron chi connectivity index (χ1n) is 11.4. The molecule has 1 aromatic heterocycles. The average molecular weight is 506 g/mol. The van der Waals surface area contributed by atoms with Gasteiger partial charge in [0.2, 0.25) is 0 Å². The molecular formula is C28H24ClNO6. The number of esters is 1. The third-order valence-corrected chi connectivity index (χ3v) is 5.84. The molecule has 0 radical (unpaired) electrons. The van der Waals surface area contributed by atoms with Crippen molar-refractivity contribution in [2.75, 3.05) is 0 Å². The zero-order chi connectivity index (χ0) is 25.5. The van der Waals surface area contributed by atoms with Crippen molar-refractivity contribution in [3.8, 4) is 5.75 Å². The Morgan fingerprint density at radius 1 is 0.972 bits per heavy atom. The quantitative estimate of drug-likeness (QED) is 0.194. The number of carbonyl (C=O) groups excluding carboxylic acids is 2. The Morgan fingerprint density at radius 3 is 2.31 bits per heavy atom. The number of ether oxygens (including phenoxy) is 2. The van der Waals surface area contributed by atoms with Crippen molar-refractivity contribution in [2.45, 2.75) is 32.4 Å². The van der Waals surface area contributed by atoms with Crippen molar-refractivity contribution in [1.82, 2.24) is 5.32 Å². The minimum absolute atomic E-state index is 0.0167. The summed E-state index contributed by atoms with van der Waals surface area (Å²) in [4.78, 5) is 37.6. The lowest BCUT2D eigenvalue weighted by molar-refractivity contribution is -0.136. The molecule has 0 saturated carbocycles. The molecule has 1 amide bonds. The lowest BCUT2D eigenvalue weighted by Gasteiger charge is -2.18. The Labute approximate surface area is 212 Å². The number of amides is 1. The largest absolute Gasteiger partial charge is 0.445 e. The molecule has 1 atom stereocenters. The predicted molar refractivity (Wildman–Crippen MR) is 136 cm³/mol. The Balaban J connectivity index is 1.54. The van der Waals surface area contributed by atoms with E-state index in [1.807, 2.05) is 67.6 Å². The molecule has 0 aliphatic rings. The van der Waals surface area contributed by atoms with E-state index in [0.29, 0.717) is 11.8 Å². The highest BCUT2D eigenvalue weighted by Gasteiger charge is 2.25. The average Bonchev–Trinajstić information content (AvgIpc) is 2.88. The van der Waals surface area contributed by atoms with E-state index in [0.717, 1.165) is 16.7 Å². The van der Waals surface area contributed by atoms with Gasteiger partial charge in [-0.15, -0.1) is 0 Å². The molecule has 4 rings (SSSR count). The lowest BCUT2D eigenvalue weighted by Crippen LogP contribution is -2.44. The van der Waals surface area contributed by atoms with Crippen LogP contribution in [0.3, 0.4) is 0 Å². The minimum Gasteiger partial charge on any atom is -0.445 e. The van der Waals surface area contributed by atoms with Gasteiger partial charge in [0.1, 0.15) is 18.2 Å². The number of carbonyl (C=O) groups is 2. The van der Waals surface area contributed by atoms with Crippen molar-refractivity contribution in [3.05, 3.63) is 111 Å². The SMILES string of the molecule is CCc1cc(=O)oc2cc(OC(=O)[C@@H](Cc3ccccc3)NC(=O)OCc3ccccc3)c(Cl)cc12. The summed E-state index contributed by atoms with van der Waals surface area (Å²) in [5.74, 6) is -0.728. The summed E-state index contributed by atoms with van der Waals surface area (Å²) in [5, 5.41) is 3.42. The van der Waals surface area contributed by atoms with Crippen molar-refractivity contribution in [3.63, 3.8) is 0 Å². The van der Waals surface area contributed by atoms with Crippen LogP contribution < -0.4 is 15.7 Å². The van der Waals surface area contributed by atoms with Gasteiger partial charge in [0.25, 0.3) is 0 Å². The molecule has 0 saturated heterocycles. The van der Waals surface area contributed by atoms with Crippen LogP contribution in [0.4, 0.5) is 4.79 Å². The first-order chi connectivity index (χ1) is 17.4. The summed E-state index contributed by atoms with van der Waals surface area (Å²) in [5.41, 5.74) is 2.13. The molecule has 0 aliphatic carbocycles. The van der Waals surface area contributed by atoms with Crippen LogP contribution in [-0.4, -0.2) is 18.1 Å². The van der Waals surface area contributed by atoms with Crippen molar-refractivity contribution < 1.29 is 23.5 Å². The second-order valence-electron chi connectivity index (χ2n) is 8.09. The van der Waals surface area contributed by atoms with Crippen molar-refractivity contribution in [1.29, 1.82) is 0 Å². The van der Waals surface area contributed by atoms with E-state index in [-0.39, 0.29) is 29.4 Å². The first-order valence-corrected chi connectivity index (χ1v) is 11.8. The van der Waals surface area contributed by atoms with E-state index in [4.69, 9.17) is 25.5 Å². The molecule has 1 heterocycles. The number of halogens is 1. The van der Waals surface area contributed by atoms with Gasteiger partial charge in [-0.2, -0.15) is 0 Å². The summed E-state index contributed by atoms with van der Waals surface area (Å²) in [7, 11) is 0. The Morgan fingerprint density at radius 2 is 1.64 bits per heavy atom. The fourth-order valence-electron chi connectivity index (χ4n) is 3.73. The number of fused-ring (bicyclic) bond motifs is 1. The molecule has 0 bridgehead atoms. The monoisotopic (exact) mass is 505 g/mol. The van der Waals surface area contributed by atoms with Gasteiger partial charge < -0.3 is 19.2 Å². The van der Waals surface area contributed by atoms with Crippen LogP contribution in [0.2, 0.25) is 5.02 Å². The van der Waals surface area contributed by atoms with Crippen LogP contribution in [0.15, 0.2) is 88.1 Å². The van der Waals surface area contributed by atoms with Gasteiger partial charge in [-0.1, -0.05) is 79.2 Å². The van der Waals surface area contributed by atoms with Gasteiger partial charge in [-0.05, 0) is 29.2 Å². The number of nitrogens with one attached hydrogen (secondary N) is 1. The highest BCUT2D eigenvalue weighted by Crippen LogP contribution is 2.31. The van der Waals surface area contributed by atoms with Gasteiger partial charge in [-0.3, -0.25) is 0 Å². The van der Waals surface area contributed by atoms with E-state index in [1.165, 1.54) is 12.1 Å². The molecular weight excluding hydrogens is 482 g/mol. The lowest BCUT2D eigenvalue weighted by atomic mass is 10.1. The second kappa shape index (κ2) is 11.6. The molecule has 8 heteroatoms. The summed E-state index contributed by atoms with van der Waals surface area (Å²) in [6, 6.07) is 21.7. The zero-order valence-corrected chi connectivity index (χ0v) is 20.3. The number of hydrogen-bond donors (Lipinski definition) is 1. The number of benzene rings is 3. The number of hydrogen-bond acceptors (Lipinski definition) is 6. The van der Waals surface area contributed by atoms with E-state index < -0.39 is 23.7 Å². The highest BCUT2D eigenvalue weighted by atomic mass is 35.5. The molecule has 36 heavy (non-hydrogen) atoms. The minimum atomic E-state index is -1.06. The highest BCUT2D eigenvalue weighted by molar-refractivity contribution is 6.33. The maximum Gasteiger partial charge on any atom is 0.408 e. The van der Waals surface area contributed by atoms with E-state index in [9.17, 15) is 14.4 Å². The normalized spacial score (nSPS) is 11.6. The molecule has 0 unspecified atom stereocenters. The van der Waals surface area contributed by atoms with E-state index in [2.05, 4.69) is 5.32 Å². The summed E-state index contributed by atoms with van der Waals surface area (Å²) in [6.07, 6.45) is 0.00599. The van der Waals surface area contributed by atoms with Gasteiger partial charge in [0, 0.05) is 23.9 Å². The maximum atomic E-state index is 13.2. The van der Waals surface area contributed by atoms with Gasteiger partial charge in [-0.25, -0.2) is 14.4 Å². The molecule has 1 N–H and O–H groups in total. The molecule has 3 aromatic carbocycles. The number of rotatable bonds is 8. The van der Waals surface area contributed by atoms with Crippen LogP contribution in [0, 0.1) is 0 Å². The molecule has 0 aliphatic heterocycles. The number of aryl methyl sites for hydroxylation is 1. The van der Waals surface area contributed by atoms with E-state index >= 15 is 0 Å². The predicted octanol–water partition coefficient (Wildman–Crippen LogP) is 5.45. The van der Waals surface area contributed by atoms with Gasteiger partial charge in [0.15, 0.2) is 5.75 Å². The molecule has 7 nitrogen and oxygen atoms in total. The summed E-state index contributed by atoms with van der Waals surface area (Å²) in [6.45, 7) is 1.96. The molecule has 0 spiro atoms. The zero-order valence-electron chi connectivity index (χ0n) is 19.5. The van der Waals surface area contributed by atoms with Crippen LogP contribution in [0.1, 0.15) is 23.6 Å². The topological polar surface area (TPSA) is 94.8 Å². The Hall–Kier alpha value is -4.10. The van der Waals surface area contributed by atoms with Crippen molar-refractivity contribution >= 4 is 34.6 Å². The van der Waals surface area contributed by atoms with Crippen LogP contribution >= 0.6 is 11.6 Å². The number of alkyl carbamates (subject to hydrolysis) is 1. The van der Waals surface area contributed by atoms with Gasteiger partial charge >= 0.3 is 17.7 Å².